The van der Waals surface area contributed by atoms with E-state index in [1.54, 1.807) is 0 Å². The maximum atomic E-state index is 5.50. The maximum absolute atomic E-state index is 5.50. The summed E-state index contributed by atoms with van der Waals surface area (Å²) < 4.78 is 7.81. The highest BCUT2D eigenvalue weighted by Gasteiger charge is 2.25. The number of nitrogens with zero attached hydrogens (tertiary/aromatic N) is 2. The van der Waals surface area contributed by atoms with Crippen molar-refractivity contribution >= 4 is 0 Å². The van der Waals surface area contributed by atoms with E-state index in [0.29, 0.717) is 6.04 Å². The molecule has 0 aromatic carbocycles. The number of aryl methyl sites for hydroxylation is 1. The Hall–Kier alpha value is -0.870. The van der Waals surface area contributed by atoms with Gasteiger partial charge in [0.15, 0.2) is 0 Å². The van der Waals surface area contributed by atoms with Crippen LogP contribution in [0.4, 0.5) is 0 Å². The van der Waals surface area contributed by atoms with Gasteiger partial charge in [-0.2, -0.15) is 0 Å². The smallest absolute Gasteiger partial charge is 0.110 e. The number of rotatable bonds is 8. The lowest BCUT2D eigenvalue weighted by Gasteiger charge is -2.31. The van der Waals surface area contributed by atoms with Crippen LogP contribution in [0, 0.1) is 5.92 Å². The van der Waals surface area contributed by atoms with Gasteiger partial charge in [0.2, 0.25) is 0 Å². The first-order valence-electron chi connectivity index (χ1n) is 8.16. The minimum absolute atomic E-state index is 0.539. The molecular formula is C16H29N3O. The summed E-state index contributed by atoms with van der Waals surface area (Å²) in [6.07, 6.45) is 9.78. The molecule has 2 heterocycles. The zero-order chi connectivity index (χ0) is 14.2. The molecule has 1 aliphatic rings. The van der Waals surface area contributed by atoms with Crippen molar-refractivity contribution in [3.05, 3.63) is 18.2 Å². The summed E-state index contributed by atoms with van der Waals surface area (Å²) in [6.45, 7) is 8.44. The predicted octanol–water partition coefficient (Wildman–Crippen LogP) is 2.63. The quantitative estimate of drug-likeness (QED) is 0.795. The van der Waals surface area contributed by atoms with Gasteiger partial charge in [0.05, 0.1) is 0 Å². The molecule has 0 aliphatic carbocycles. The highest BCUT2D eigenvalue weighted by molar-refractivity contribution is 4.97. The number of aromatic nitrogens is 2. The minimum atomic E-state index is 0.539. The van der Waals surface area contributed by atoms with Crippen LogP contribution in [0.25, 0.3) is 0 Å². The fourth-order valence-corrected chi connectivity index (χ4v) is 3.02. The summed E-state index contributed by atoms with van der Waals surface area (Å²) in [4.78, 5) is 4.57. The number of nitrogens with one attached hydrogen (secondary N) is 1. The molecule has 1 aromatic rings. The van der Waals surface area contributed by atoms with E-state index >= 15 is 0 Å². The summed E-state index contributed by atoms with van der Waals surface area (Å²) in [6, 6.07) is 0.539. The van der Waals surface area contributed by atoms with Crippen LogP contribution in [0.15, 0.2) is 12.4 Å². The molecule has 114 valence electrons. The molecule has 1 aliphatic heterocycles. The van der Waals surface area contributed by atoms with Crippen molar-refractivity contribution in [2.75, 3.05) is 19.8 Å². The molecular weight excluding hydrogens is 250 g/mol. The summed E-state index contributed by atoms with van der Waals surface area (Å²) in [7, 11) is 0. The first-order chi connectivity index (χ1) is 9.85. The van der Waals surface area contributed by atoms with Crippen LogP contribution in [0.3, 0.4) is 0 Å². The van der Waals surface area contributed by atoms with E-state index in [2.05, 4.69) is 34.9 Å². The molecule has 0 amide bonds. The third-order valence-corrected chi connectivity index (χ3v) is 4.16. The van der Waals surface area contributed by atoms with E-state index in [-0.39, 0.29) is 0 Å². The first kappa shape index (κ1) is 15.5. The van der Waals surface area contributed by atoms with Crippen molar-refractivity contribution in [2.45, 2.75) is 58.5 Å². The lowest BCUT2D eigenvalue weighted by atomic mass is 9.89. The summed E-state index contributed by atoms with van der Waals surface area (Å²) in [5.74, 6) is 1.95. The second kappa shape index (κ2) is 8.42. The van der Waals surface area contributed by atoms with E-state index in [0.717, 1.165) is 45.1 Å². The van der Waals surface area contributed by atoms with Gasteiger partial charge in [0, 0.05) is 44.6 Å². The third kappa shape index (κ3) is 4.32. The Morgan fingerprint density at radius 1 is 1.35 bits per heavy atom. The molecule has 0 spiro atoms. The summed E-state index contributed by atoms with van der Waals surface area (Å²) >= 11 is 0. The first-order valence-corrected chi connectivity index (χ1v) is 8.16. The van der Waals surface area contributed by atoms with Gasteiger partial charge >= 0.3 is 0 Å². The Morgan fingerprint density at radius 2 is 2.15 bits per heavy atom. The van der Waals surface area contributed by atoms with E-state index < -0.39 is 0 Å². The second-order valence-electron chi connectivity index (χ2n) is 5.75. The average molecular weight is 279 g/mol. The second-order valence-corrected chi connectivity index (χ2v) is 5.75. The molecule has 2 rings (SSSR count). The van der Waals surface area contributed by atoms with E-state index in [1.165, 1.54) is 25.1 Å². The Morgan fingerprint density at radius 3 is 2.85 bits per heavy atom. The van der Waals surface area contributed by atoms with Gasteiger partial charge in [-0.3, -0.25) is 0 Å². The van der Waals surface area contributed by atoms with E-state index in [9.17, 15) is 0 Å². The average Bonchev–Trinajstić information content (AvgIpc) is 2.92. The van der Waals surface area contributed by atoms with Crippen molar-refractivity contribution in [1.82, 2.24) is 14.9 Å². The molecule has 1 unspecified atom stereocenters. The van der Waals surface area contributed by atoms with Crippen molar-refractivity contribution in [1.29, 1.82) is 0 Å². The fraction of sp³-hybridized carbons (Fsp3) is 0.812. The summed E-state index contributed by atoms with van der Waals surface area (Å²) in [5, 5.41) is 3.74. The van der Waals surface area contributed by atoms with Crippen LogP contribution in [-0.2, 0) is 17.7 Å². The van der Waals surface area contributed by atoms with Gasteiger partial charge in [-0.1, -0.05) is 13.8 Å². The highest BCUT2D eigenvalue weighted by atomic mass is 16.5. The zero-order valence-electron chi connectivity index (χ0n) is 13.0. The molecule has 4 heteroatoms. The fourth-order valence-electron chi connectivity index (χ4n) is 3.02. The van der Waals surface area contributed by atoms with E-state index in [1.807, 2.05) is 6.20 Å². The number of imidazole rings is 1. The molecule has 0 saturated carbocycles. The largest absolute Gasteiger partial charge is 0.381 e. The molecule has 4 nitrogen and oxygen atoms in total. The van der Waals surface area contributed by atoms with Gasteiger partial charge in [-0.05, 0) is 38.1 Å². The van der Waals surface area contributed by atoms with Gasteiger partial charge in [-0.15, -0.1) is 0 Å². The molecule has 1 N–H and O–H groups in total. The van der Waals surface area contributed by atoms with E-state index in [4.69, 9.17) is 4.74 Å². The number of hydrogen-bond donors (Lipinski definition) is 1. The van der Waals surface area contributed by atoms with Gasteiger partial charge < -0.3 is 14.6 Å². The molecule has 1 atom stereocenters. The lowest BCUT2D eigenvalue weighted by Crippen LogP contribution is -2.41. The number of ether oxygens (including phenoxy) is 1. The van der Waals surface area contributed by atoms with Crippen molar-refractivity contribution in [2.24, 2.45) is 5.92 Å². The van der Waals surface area contributed by atoms with Crippen LogP contribution in [0.1, 0.15) is 45.4 Å². The standard InChI is InChI=1S/C16H29N3O/c1-3-7-17-15(14-5-11-20-12-6-14)13-16-18-8-10-19(16)9-4-2/h8,10,14-15,17H,3-7,9,11-13H2,1-2H3. The van der Waals surface area contributed by atoms with Crippen molar-refractivity contribution in [3.8, 4) is 0 Å². The molecule has 1 saturated heterocycles. The minimum Gasteiger partial charge on any atom is -0.381 e. The van der Waals surface area contributed by atoms with Crippen LogP contribution < -0.4 is 5.32 Å². The van der Waals surface area contributed by atoms with Crippen molar-refractivity contribution in [3.63, 3.8) is 0 Å². The van der Waals surface area contributed by atoms with Crippen LogP contribution in [-0.4, -0.2) is 35.4 Å². The Bertz CT molecular complexity index is 372. The molecule has 1 aromatic heterocycles. The monoisotopic (exact) mass is 279 g/mol. The number of hydrogen-bond acceptors (Lipinski definition) is 3. The third-order valence-electron chi connectivity index (χ3n) is 4.16. The molecule has 20 heavy (non-hydrogen) atoms. The zero-order valence-corrected chi connectivity index (χ0v) is 13.0. The summed E-state index contributed by atoms with van der Waals surface area (Å²) in [5.41, 5.74) is 0. The SMILES string of the molecule is CCCNC(Cc1nccn1CCC)C1CCOCC1. The molecule has 0 radical (unpaired) electrons. The van der Waals surface area contributed by atoms with Gasteiger partial charge in [0.1, 0.15) is 5.82 Å². The predicted molar refractivity (Wildman–Crippen MR) is 81.8 cm³/mol. The van der Waals surface area contributed by atoms with Crippen LogP contribution >= 0.6 is 0 Å². The lowest BCUT2D eigenvalue weighted by molar-refractivity contribution is 0.0534. The maximum Gasteiger partial charge on any atom is 0.110 e. The molecule has 1 fully saturated rings. The Balaban J connectivity index is 1.99. The Labute approximate surface area is 122 Å². The molecule has 0 bridgehead atoms. The van der Waals surface area contributed by atoms with Crippen LogP contribution in [0.5, 0.6) is 0 Å². The van der Waals surface area contributed by atoms with Crippen LogP contribution in [0.2, 0.25) is 0 Å². The Kier molecular flexibility index (Phi) is 6.54. The topological polar surface area (TPSA) is 39.1 Å². The van der Waals surface area contributed by atoms with Gasteiger partial charge in [0.25, 0.3) is 0 Å². The van der Waals surface area contributed by atoms with Crippen molar-refractivity contribution < 1.29 is 4.74 Å². The van der Waals surface area contributed by atoms with Gasteiger partial charge in [-0.25, -0.2) is 4.98 Å². The highest BCUT2D eigenvalue weighted by Crippen LogP contribution is 2.21. The normalized spacial score (nSPS) is 18.3.